The fourth-order valence-electron chi connectivity index (χ4n) is 2.97. The minimum atomic E-state index is -0.341. The summed E-state index contributed by atoms with van der Waals surface area (Å²) in [5.74, 6) is 0.136. The summed E-state index contributed by atoms with van der Waals surface area (Å²) < 4.78 is 13.6. The molecule has 0 aliphatic carbocycles. The van der Waals surface area contributed by atoms with Gasteiger partial charge in [-0.15, -0.1) is 10.2 Å². The Morgan fingerprint density at radius 2 is 1.81 bits per heavy atom. The fraction of sp³-hybridized carbons (Fsp3) is 0.368. The zero-order valence-electron chi connectivity index (χ0n) is 15.2. The Morgan fingerprint density at radius 3 is 2.44 bits per heavy atom. The third kappa shape index (κ3) is 4.78. The quantitative estimate of drug-likeness (QED) is 0.856. The van der Waals surface area contributed by atoms with Crippen LogP contribution in [0.3, 0.4) is 0 Å². The van der Waals surface area contributed by atoms with Gasteiger partial charge in [0.1, 0.15) is 5.82 Å². The summed E-state index contributed by atoms with van der Waals surface area (Å²) in [5.41, 5.74) is 0.776. The summed E-state index contributed by atoms with van der Waals surface area (Å²) in [6.07, 6.45) is 0.407. The molecule has 1 fully saturated rings. The number of carbonyl (C=O) groups excluding carboxylic acids is 2. The number of anilines is 1. The summed E-state index contributed by atoms with van der Waals surface area (Å²) >= 11 is 0. The van der Waals surface area contributed by atoms with E-state index in [1.54, 1.807) is 42.2 Å². The Balaban J connectivity index is 1.50. The standard InChI is InChI=1S/C19H22FN5O2/c1-14(26)24-10-12-25(13-11-24)18-7-6-17(22-23-18)19(27)21-9-8-15-4-2-3-5-16(15)20/h2-7H,8-13H2,1H3,(H,21,27). The monoisotopic (exact) mass is 371 g/mol. The number of piperazine rings is 1. The number of rotatable bonds is 5. The van der Waals surface area contributed by atoms with Gasteiger partial charge in [0, 0.05) is 39.6 Å². The van der Waals surface area contributed by atoms with Gasteiger partial charge in [-0.2, -0.15) is 0 Å². The van der Waals surface area contributed by atoms with E-state index in [1.165, 1.54) is 6.07 Å². The van der Waals surface area contributed by atoms with Crippen LogP contribution in [-0.4, -0.2) is 59.6 Å². The highest BCUT2D eigenvalue weighted by molar-refractivity contribution is 5.92. The van der Waals surface area contributed by atoms with Crippen LogP contribution in [0.25, 0.3) is 0 Å². The molecule has 2 heterocycles. The third-order valence-corrected chi connectivity index (χ3v) is 4.57. The van der Waals surface area contributed by atoms with Gasteiger partial charge in [0.2, 0.25) is 5.91 Å². The third-order valence-electron chi connectivity index (χ3n) is 4.57. The molecule has 7 nitrogen and oxygen atoms in total. The van der Waals surface area contributed by atoms with Crippen molar-refractivity contribution in [1.29, 1.82) is 0 Å². The summed E-state index contributed by atoms with van der Waals surface area (Å²) in [7, 11) is 0. The van der Waals surface area contributed by atoms with Crippen molar-refractivity contribution in [1.82, 2.24) is 20.4 Å². The number of halogens is 1. The molecule has 0 radical (unpaired) electrons. The second-order valence-corrected chi connectivity index (χ2v) is 6.37. The Kier molecular flexibility index (Phi) is 5.95. The summed E-state index contributed by atoms with van der Waals surface area (Å²) in [5, 5.41) is 10.8. The van der Waals surface area contributed by atoms with Crippen LogP contribution in [0.5, 0.6) is 0 Å². The molecule has 0 unspecified atom stereocenters. The molecule has 27 heavy (non-hydrogen) atoms. The maximum atomic E-state index is 13.6. The van der Waals surface area contributed by atoms with Gasteiger partial charge < -0.3 is 15.1 Å². The summed E-state index contributed by atoms with van der Waals surface area (Å²) in [6.45, 7) is 4.54. The highest BCUT2D eigenvalue weighted by Gasteiger charge is 2.20. The number of nitrogens with zero attached hydrogens (tertiary/aromatic N) is 4. The van der Waals surface area contributed by atoms with Crippen LogP contribution in [0.15, 0.2) is 36.4 Å². The molecule has 0 atom stereocenters. The van der Waals surface area contributed by atoms with Crippen molar-refractivity contribution in [3.63, 3.8) is 0 Å². The van der Waals surface area contributed by atoms with Crippen LogP contribution in [0.2, 0.25) is 0 Å². The lowest BCUT2D eigenvalue weighted by Crippen LogP contribution is -2.48. The second-order valence-electron chi connectivity index (χ2n) is 6.37. The minimum absolute atomic E-state index is 0.0723. The largest absolute Gasteiger partial charge is 0.352 e. The number of hydrogen-bond acceptors (Lipinski definition) is 5. The van der Waals surface area contributed by atoms with Gasteiger partial charge in [-0.25, -0.2) is 4.39 Å². The number of aromatic nitrogens is 2. The van der Waals surface area contributed by atoms with E-state index in [1.807, 2.05) is 4.90 Å². The highest BCUT2D eigenvalue weighted by Crippen LogP contribution is 2.13. The fourth-order valence-corrected chi connectivity index (χ4v) is 2.97. The highest BCUT2D eigenvalue weighted by atomic mass is 19.1. The molecule has 1 aromatic heterocycles. The van der Waals surface area contributed by atoms with E-state index < -0.39 is 0 Å². The van der Waals surface area contributed by atoms with E-state index in [0.29, 0.717) is 50.5 Å². The lowest BCUT2D eigenvalue weighted by molar-refractivity contribution is -0.129. The van der Waals surface area contributed by atoms with Crippen molar-refractivity contribution >= 4 is 17.6 Å². The van der Waals surface area contributed by atoms with E-state index in [4.69, 9.17) is 0 Å². The van der Waals surface area contributed by atoms with Gasteiger partial charge in [0.25, 0.3) is 5.91 Å². The van der Waals surface area contributed by atoms with Crippen LogP contribution < -0.4 is 10.2 Å². The average Bonchev–Trinajstić information content (AvgIpc) is 2.69. The topological polar surface area (TPSA) is 78.4 Å². The van der Waals surface area contributed by atoms with Gasteiger partial charge in [-0.3, -0.25) is 9.59 Å². The Bertz CT molecular complexity index is 804. The average molecular weight is 371 g/mol. The van der Waals surface area contributed by atoms with Gasteiger partial charge in [0.05, 0.1) is 0 Å². The molecule has 1 aliphatic heterocycles. The van der Waals surface area contributed by atoms with Crippen molar-refractivity contribution in [2.45, 2.75) is 13.3 Å². The first-order chi connectivity index (χ1) is 13.0. The van der Waals surface area contributed by atoms with Crippen molar-refractivity contribution in [2.75, 3.05) is 37.6 Å². The Labute approximate surface area is 157 Å². The van der Waals surface area contributed by atoms with Crippen LogP contribution in [-0.2, 0) is 11.2 Å². The molecule has 8 heteroatoms. The Hall–Kier alpha value is -3.03. The zero-order chi connectivity index (χ0) is 19.2. The summed E-state index contributed by atoms with van der Waals surface area (Å²) in [6, 6.07) is 9.87. The molecular weight excluding hydrogens is 349 g/mol. The predicted octanol–water partition coefficient (Wildman–Crippen LogP) is 1.26. The predicted molar refractivity (Wildman–Crippen MR) is 98.9 cm³/mol. The van der Waals surface area contributed by atoms with Gasteiger partial charge in [-0.05, 0) is 30.2 Å². The molecule has 1 aromatic carbocycles. The molecule has 0 bridgehead atoms. The smallest absolute Gasteiger partial charge is 0.271 e. The molecule has 0 saturated carbocycles. The molecule has 3 rings (SSSR count). The van der Waals surface area contributed by atoms with E-state index in [9.17, 15) is 14.0 Å². The first-order valence-electron chi connectivity index (χ1n) is 8.90. The normalized spacial score (nSPS) is 14.1. The summed E-state index contributed by atoms with van der Waals surface area (Å²) in [4.78, 5) is 27.4. The van der Waals surface area contributed by atoms with E-state index >= 15 is 0 Å². The van der Waals surface area contributed by atoms with E-state index in [2.05, 4.69) is 15.5 Å². The number of amides is 2. The van der Waals surface area contributed by atoms with Crippen molar-refractivity contribution in [3.8, 4) is 0 Å². The molecule has 142 valence electrons. The van der Waals surface area contributed by atoms with Crippen LogP contribution in [0, 0.1) is 5.82 Å². The maximum Gasteiger partial charge on any atom is 0.271 e. The number of carbonyl (C=O) groups is 2. The first kappa shape index (κ1) is 18.8. The number of benzene rings is 1. The maximum absolute atomic E-state index is 13.6. The van der Waals surface area contributed by atoms with E-state index in [-0.39, 0.29) is 23.3 Å². The van der Waals surface area contributed by atoms with Gasteiger partial charge in [0.15, 0.2) is 11.5 Å². The van der Waals surface area contributed by atoms with Crippen molar-refractivity contribution in [2.24, 2.45) is 0 Å². The van der Waals surface area contributed by atoms with Crippen LogP contribution >= 0.6 is 0 Å². The molecule has 2 amide bonds. The molecule has 1 N–H and O–H groups in total. The number of nitrogens with one attached hydrogen (secondary N) is 1. The van der Waals surface area contributed by atoms with Gasteiger partial charge in [-0.1, -0.05) is 18.2 Å². The molecule has 2 aromatic rings. The second kappa shape index (κ2) is 8.57. The molecule has 1 saturated heterocycles. The Morgan fingerprint density at radius 1 is 1.07 bits per heavy atom. The van der Waals surface area contributed by atoms with Gasteiger partial charge >= 0.3 is 0 Å². The van der Waals surface area contributed by atoms with Crippen LogP contribution in [0.1, 0.15) is 23.0 Å². The van der Waals surface area contributed by atoms with Crippen molar-refractivity contribution < 1.29 is 14.0 Å². The first-order valence-corrected chi connectivity index (χ1v) is 8.90. The zero-order valence-corrected chi connectivity index (χ0v) is 15.2. The lowest BCUT2D eigenvalue weighted by atomic mass is 10.1. The molecular formula is C19H22FN5O2. The molecule has 1 aliphatic rings. The van der Waals surface area contributed by atoms with Crippen molar-refractivity contribution in [3.05, 3.63) is 53.5 Å². The van der Waals surface area contributed by atoms with E-state index in [0.717, 1.165) is 0 Å². The lowest BCUT2D eigenvalue weighted by Gasteiger charge is -2.34. The number of hydrogen-bond donors (Lipinski definition) is 1. The van der Waals surface area contributed by atoms with Crippen LogP contribution in [0.4, 0.5) is 10.2 Å². The molecule has 0 spiro atoms. The SMILES string of the molecule is CC(=O)N1CCN(c2ccc(C(=O)NCCc3ccccc3F)nn2)CC1. The minimum Gasteiger partial charge on any atom is -0.352 e.